The molecule has 0 aromatic carbocycles. The van der Waals surface area contributed by atoms with Crippen LogP contribution in [0.2, 0.25) is 0 Å². The minimum atomic E-state index is -0.864. The van der Waals surface area contributed by atoms with Gasteiger partial charge in [0.15, 0.2) is 0 Å². The number of hydrogen-bond donors (Lipinski definition) is 2. The highest BCUT2D eigenvalue weighted by Gasteiger charge is 2.40. The van der Waals surface area contributed by atoms with Gasteiger partial charge in [0.25, 0.3) is 0 Å². The Kier molecular flexibility index (Phi) is 5.85. The summed E-state index contributed by atoms with van der Waals surface area (Å²) < 4.78 is 5.24. The minimum absolute atomic E-state index is 0.121. The number of carboxylic acids is 1. The lowest BCUT2D eigenvalue weighted by atomic mass is 9.80. The largest absolute Gasteiger partial charge is 0.481 e. The first kappa shape index (κ1) is 16.1. The molecule has 120 valence electrons. The summed E-state index contributed by atoms with van der Waals surface area (Å²) in [6, 6.07) is -0.121. The molecule has 6 heteroatoms. The zero-order chi connectivity index (χ0) is 15.1. The number of ether oxygens (including phenoxy) is 1. The van der Waals surface area contributed by atoms with E-state index < -0.39 is 11.4 Å². The Hall–Kier alpha value is -1.30. The number of hydrogen-bond acceptors (Lipinski definition) is 3. The quantitative estimate of drug-likeness (QED) is 0.833. The standard InChI is InChI=1S/C15H26N2O4/c18-13(19)15(6-10-21-11-7-15)12-16-14(20)17-8-4-2-1-3-5-9-17/h1-12H2,(H,16,20)(H,18,19). The van der Waals surface area contributed by atoms with Crippen LogP contribution in [0.15, 0.2) is 0 Å². The number of nitrogens with zero attached hydrogens (tertiary/aromatic N) is 1. The fraction of sp³-hybridized carbons (Fsp3) is 0.867. The Labute approximate surface area is 125 Å². The van der Waals surface area contributed by atoms with Gasteiger partial charge < -0.3 is 20.1 Å². The van der Waals surface area contributed by atoms with Crippen molar-refractivity contribution in [2.45, 2.75) is 44.9 Å². The van der Waals surface area contributed by atoms with Crippen LogP contribution in [0.4, 0.5) is 4.79 Å². The predicted octanol–water partition coefficient (Wildman–Crippen LogP) is 1.84. The summed E-state index contributed by atoms with van der Waals surface area (Å²) in [6.07, 6.45) is 6.57. The summed E-state index contributed by atoms with van der Waals surface area (Å²) >= 11 is 0. The van der Waals surface area contributed by atoms with Crippen LogP contribution in [0.3, 0.4) is 0 Å². The molecule has 0 spiro atoms. The smallest absolute Gasteiger partial charge is 0.317 e. The van der Waals surface area contributed by atoms with Gasteiger partial charge in [0.1, 0.15) is 0 Å². The number of aliphatic carboxylic acids is 1. The molecule has 0 aliphatic carbocycles. The summed E-state index contributed by atoms with van der Waals surface area (Å²) in [7, 11) is 0. The summed E-state index contributed by atoms with van der Waals surface area (Å²) in [4.78, 5) is 25.6. The summed E-state index contributed by atoms with van der Waals surface area (Å²) in [5, 5.41) is 12.3. The van der Waals surface area contributed by atoms with Gasteiger partial charge in [-0.25, -0.2) is 4.79 Å². The van der Waals surface area contributed by atoms with Gasteiger partial charge in [-0.1, -0.05) is 19.3 Å². The number of carbonyl (C=O) groups is 2. The maximum Gasteiger partial charge on any atom is 0.317 e. The number of amides is 2. The molecule has 2 saturated heterocycles. The van der Waals surface area contributed by atoms with Crippen molar-refractivity contribution in [1.29, 1.82) is 0 Å². The van der Waals surface area contributed by atoms with Crippen LogP contribution >= 0.6 is 0 Å². The van der Waals surface area contributed by atoms with Gasteiger partial charge >= 0.3 is 12.0 Å². The van der Waals surface area contributed by atoms with Gasteiger partial charge in [-0.3, -0.25) is 4.79 Å². The number of carboxylic acid groups (broad SMARTS) is 1. The molecule has 2 amide bonds. The maximum absolute atomic E-state index is 12.3. The lowest BCUT2D eigenvalue weighted by molar-refractivity contribution is -0.154. The topological polar surface area (TPSA) is 78.9 Å². The molecule has 2 heterocycles. The molecule has 0 radical (unpaired) electrons. The van der Waals surface area contributed by atoms with Crippen molar-refractivity contribution in [3.63, 3.8) is 0 Å². The van der Waals surface area contributed by atoms with Gasteiger partial charge in [0.2, 0.25) is 0 Å². The highest BCUT2D eigenvalue weighted by atomic mass is 16.5. The van der Waals surface area contributed by atoms with Crippen molar-refractivity contribution in [1.82, 2.24) is 10.2 Å². The molecule has 2 aliphatic rings. The molecule has 2 aliphatic heterocycles. The molecular formula is C15H26N2O4. The lowest BCUT2D eigenvalue weighted by Crippen LogP contribution is -2.50. The summed E-state index contributed by atoms with van der Waals surface area (Å²) in [6.45, 7) is 2.64. The first-order valence-corrected chi connectivity index (χ1v) is 7.98. The van der Waals surface area contributed by atoms with Crippen LogP contribution in [0, 0.1) is 5.41 Å². The van der Waals surface area contributed by atoms with Crippen LogP contribution in [-0.2, 0) is 9.53 Å². The minimum Gasteiger partial charge on any atom is -0.481 e. The second-order valence-electron chi connectivity index (χ2n) is 6.11. The van der Waals surface area contributed by atoms with Crippen LogP contribution in [-0.4, -0.2) is 54.9 Å². The van der Waals surface area contributed by atoms with Gasteiger partial charge in [-0.15, -0.1) is 0 Å². The van der Waals surface area contributed by atoms with Crippen LogP contribution in [0.25, 0.3) is 0 Å². The molecule has 2 fully saturated rings. The van der Waals surface area contributed by atoms with Gasteiger partial charge in [-0.05, 0) is 25.7 Å². The van der Waals surface area contributed by atoms with Crippen LogP contribution in [0.1, 0.15) is 44.9 Å². The Morgan fingerprint density at radius 2 is 1.62 bits per heavy atom. The Balaban J connectivity index is 1.87. The molecule has 2 N–H and O–H groups in total. The second-order valence-corrected chi connectivity index (χ2v) is 6.11. The van der Waals surface area contributed by atoms with E-state index in [0.29, 0.717) is 26.1 Å². The summed E-state index contributed by atoms with van der Waals surface area (Å²) in [5.41, 5.74) is -0.864. The fourth-order valence-corrected chi connectivity index (χ4v) is 3.04. The zero-order valence-electron chi connectivity index (χ0n) is 12.6. The zero-order valence-corrected chi connectivity index (χ0v) is 12.6. The van der Waals surface area contributed by atoms with Crippen molar-refractivity contribution in [3.8, 4) is 0 Å². The van der Waals surface area contributed by atoms with Crippen molar-refractivity contribution >= 4 is 12.0 Å². The molecular weight excluding hydrogens is 272 g/mol. The molecule has 0 unspecified atom stereocenters. The van der Waals surface area contributed by atoms with Crippen molar-refractivity contribution in [3.05, 3.63) is 0 Å². The molecule has 0 atom stereocenters. The third kappa shape index (κ3) is 4.33. The Morgan fingerprint density at radius 1 is 1.05 bits per heavy atom. The summed E-state index contributed by atoms with van der Waals surface area (Å²) in [5.74, 6) is -0.834. The SMILES string of the molecule is O=C(NCC1(C(=O)O)CCOCC1)N1CCCCCCC1. The van der Waals surface area contributed by atoms with E-state index in [1.807, 2.05) is 4.90 Å². The van der Waals surface area contributed by atoms with E-state index in [-0.39, 0.29) is 12.6 Å². The fourth-order valence-electron chi connectivity index (χ4n) is 3.04. The van der Waals surface area contributed by atoms with Gasteiger partial charge in [-0.2, -0.15) is 0 Å². The highest BCUT2D eigenvalue weighted by molar-refractivity contribution is 5.78. The van der Waals surface area contributed by atoms with E-state index in [1.165, 1.54) is 19.3 Å². The van der Waals surface area contributed by atoms with Crippen molar-refractivity contribution in [2.75, 3.05) is 32.8 Å². The average Bonchev–Trinajstić information content (AvgIpc) is 2.45. The normalized spacial score (nSPS) is 23.0. The number of nitrogens with one attached hydrogen (secondary N) is 1. The molecule has 0 aromatic rings. The number of carbonyl (C=O) groups excluding carboxylic acids is 1. The third-order valence-electron chi connectivity index (χ3n) is 4.62. The van der Waals surface area contributed by atoms with E-state index in [2.05, 4.69) is 5.32 Å². The average molecular weight is 298 g/mol. The molecule has 0 saturated carbocycles. The second kappa shape index (κ2) is 7.64. The Morgan fingerprint density at radius 3 is 2.19 bits per heavy atom. The Bertz CT molecular complexity index is 359. The van der Waals surface area contributed by atoms with Crippen LogP contribution in [0.5, 0.6) is 0 Å². The van der Waals surface area contributed by atoms with Gasteiger partial charge in [0.05, 0.1) is 5.41 Å². The number of rotatable bonds is 3. The molecule has 0 bridgehead atoms. The van der Waals surface area contributed by atoms with E-state index in [0.717, 1.165) is 25.9 Å². The van der Waals surface area contributed by atoms with Crippen LogP contribution < -0.4 is 5.32 Å². The van der Waals surface area contributed by atoms with Crippen molar-refractivity contribution in [2.24, 2.45) is 5.41 Å². The van der Waals surface area contributed by atoms with E-state index >= 15 is 0 Å². The monoisotopic (exact) mass is 298 g/mol. The molecule has 2 rings (SSSR count). The van der Waals surface area contributed by atoms with E-state index in [9.17, 15) is 14.7 Å². The molecule has 6 nitrogen and oxygen atoms in total. The van der Waals surface area contributed by atoms with E-state index in [1.54, 1.807) is 0 Å². The number of likely N-dealkylation sites (tertiary alicyclic amines) is 1. The lowest BCUT2D eigenvalue weighted by Gasteiger charge is -2.34. The predicted molar refractivity (Wildman–Crippen MR) is 78.2 cm³/mol. The molecule has 0 aromatic heterocycles. The van der Waals surface area contributed by atoms with Crippen molar-refractivity contribution < 1.29 is 19.4 Å². The molecule has 21 heavy (non-hydrogen) atoms. The first-order chi connectivity index (χ1) is 10.1. The third-order valence-corrected chi connectivity index (χ3v) is 4.62. The highest BCUT2D eigenvalue weighted by Crippen LogP contribution is 2.30. The van der Waals surface area contributed by atoms with E-state index in [4.69, 9.17) is 4.74 Å². The number of urea groups is 1. The van der Waals surface area contributed by atoms with Gasteiger partial charge in [0, 0.05) is 32.8 Å². The first-order valence-electron chi connectivity index (χ1n) is 7.98. The maximum atomic E-state index is 12.3.